The first kappa shape index (κ1) is 14.9. The van der Waals surface area contributed by atoms with Crippen molar-refractivity contribution >= 4 is 5.91 Å². The predicted molar refractivity (Wildman–Crippen MR) is 79.5 cm³/mol. The zero-order valence-corrected chi connectivity index (χ0v) is 12.5. The number of rotatable bonds is 4. The van der Waals surface area contributed by atoms with Gasteiger partial charge in [0.25, 0.3) is 0 Å². The number of amides is 1. The van der Waals surface area contributed by atoms with E-state index in [1.165, 1.54) is 0 Å². The largest absolute Gasteiger partial charge is 0.497 e. The Morgan fingerprint density at radius 3 is 2.85 bits per heavy atom. The number of carbonyl (C=O) groups excluding carboxylic acids is 1. The summed E-state index contributed by atoms with van der Waals surface area (Å²) in [6.07, 6.45) is 2.05. The van der Waals surface area contributed by atoms with E-state index in [2.05, 4.69) is 6.07 Å². The summed E-state index contributed by atoms with van der Waals surface area (Å²) < 4.78 is 5.27. The van der Waals surface area contributed by atoms with Crippen molar-refractivity contribution in [2.75, 3.05) is 13.7 Å². The number of nitrogens with zero attached hydrogens (tertiary/aromatic N) is 1. The van der Waals surface area contributed by atoms with Gasteiger partial charge in [-0.25, -0.2) is 0 Å². The van der Waals surface area contributed by atoms with Crippen LogP contribution in [0.5, 0.6) is 5.75 Å². The Balaban J connectivity index is 2.20. The first-order valence-corrected chi connectivity index (χ1v) is 7.24. The van der Waals surface area contributed by atoms with Gasteiger partial charge in [-0.05, 0) is 37.5 Å². The zero-order chi connectivity index (χ0) is 14.7. The lowest BCUT2D eigenvalue weighted by Crippen LogP contribution is -2.41. The van der Waals surface area contributed by atoms with E-state index in [1.54, 1.807) is 7.11 Å². The number of ether oxygens (including phenoxy) is 1. The molecule has 2 N–H and O–H groups in total. The minimum absolute atomic E-state index is 0.117. The van der Waals surface area contributed by atoms with Crippen LogP contribution in [0.15, 0.2) is 24.3 Å². The molecule has 0 radical (unpaired) electrons. The molecule has 1 aromatic carbocycles. The monoisotopic (exact) mass is 276 g/mol. The van der Waals surface area contributed by atoms with Crippen molar-refractivity contribution in [1.29, 1.82) is 0 Å². The molecule has 0 aliphatic carbocycles. The summed E-state index contributed by atoms with van der Waals surface area (Å²) in [4.78, 5) is 14.5. The molecular formula is C16H24N2O2. The average molecular weight is 276 g/mol. The van der Waals surface area contributed by atoms with Crippen molar-refractivity contribution in [1.82, 2.24) is 4.90 Å². The van der Waals surface area contributed by atoms with Crippen LogP contribution in [0.2, 0.25) is 0 Å². The second-order valence-electron chi connectivity index (χ2n) is 5.61. The summed E-state index contributed by atoms with van der Waals surface area (Å²) >= 11 is 0. The first-order chi connectivity index (χ1) is 9.54. The van der Waals surface area contributed by atoms with E-state index in [-0.39, 0.29) is 23.9 Å². The molecule has 1 aliphatic heterocycles. The average Bonchev–Trinajstić information content (AvgIpc) is 2.95. The Morgan fingerprint density at radius 2 is 2.20 bits per heavy atom. The maximum atomic E-state index is 12.5. The molecule has 1 heterocycles. The van der Waals surface area contributed by atoms with Gasteiger partial charge in [-0.2, -0.15) is 0 Å². The Hall–Kier alpha value is -1.55. The molecule has 0 saturated carbocycles. The highest BCUT2D eigenvalue weighted by Crippen LogP contribution is 2.34. The molecule has 3 atom stereocenters. The fourth-order valence-corrected chi connectivity index (χ4v) is 2.71. The number of hydrogen-bond acceptors (Lipinski definition) is 3. The second-order valence-corrected chi connectivity index (χ2v) is 5.61. The van der Waals surface area contributed by atoms with Gasteiger partial charge in [0, 0.05) is 12.6 Å². The van der Waals surface area contributed by atoms with Gasteiger partial charge in [0.15, 0.2) is 0 Å². The lowest BCUT2D eigenvalue weighted by molar-refractivity contribution is -0.136. The third-order valence-corrected chi connectivity index (χ3v) is 4.19. The molecular weight excluding hydrogens is 252 g/mol. The zero-order valence-electron chi connectivity index (χ0n) is 12.5. The first-order valence-electron chi connectivity index (χ1n) is 7.24. The normalized spacial score (nSPS) is 21.6. The summed E-state index contributed by atoms with van der Waals surface area (Å²) in [6.45, 7) is 4.62. The minimum Gasteiger partial charge on any atom is -0.497 e. The van der Waals surface area contributed by atoms with Crippen LogP contribution in [0.4, 0.5) is 0 Å². The van der Waals surface area contributed by atoms with Gasteiger partial charge >= 0.3 is 0 Å². The van der Waals surface area contributed by atoms with Crippen molar-refractivity contribution in [2.24, 2.45) is 11.7 Å². The molecule has 3 unspecified atom stereocenters. The molecule has 1 saturated heterocycles. The van der Waals surface area contributed by atoms with Crippen LogP contribution < -0.4 is 10.5 Å². The van der Waals surface area contributed by atoms with Crippen LogP contribution in [0.3, 0.4) is 0 Å². The van der Waals surface area contributed by atoms with Crippen LogP contribution in [-0.4, -0.2) is 30.5 Å². The topological polar surface area (TPSA) is 55.6 Å². The van der Waals surface area contributed by atoms with E-state index in [1.807, 2.05) is 36.9 Å². The van der Waals surface area contributed by atoms with Gasteiger partial charge in [-0.1, -0.05) is 19.1 Å². The van der Waals surface area contributed by atoms with Crippen molar-refractivity contribution in [2.45, 2.75) is 38.8 Å². The maximum absolute atomic E-state index is 12.5. The van der Waals surface area contributed by atoms with Crippen LogP contribution in [-0.2, 0) is 4.79 Å². The molecule has 0 bridgehead atoms. The molecule has 0 spiro atoms. The highest BCUT2D eigenvalue weighted by atomic mass is 16.5. The molecule has 2 rings (SSSR count). The van der Waals surface area contributed by atoms with Crippen molar-refractivity contribution < 1.29 is 9.53 Å². The van der Waals surface area contributed by atoms with Crippen LogP contribution in [0, 0.1) is 5.92 Å². The van der Waals surface area contributed by atoms with Gasteiger partial charge in [0.1, 0.15) is 5.75 Å². The van der Waals surface area contributed by atoms with Gasteiger partial charge in [-0.15, -0.1) is 0 Å². The van der Waals surface area contributed by atoms with Gasteiger partial charge < -0.3 is 15.4 Å². The van der Waals surface area contributed by atoms with E-state index >= 15 is 0 Å². The highest BCUT2D eigenvalue weighted by molar-refractivity contribution is 5.80. The number of likely N-dealkylation sites (tertiary alicyclic amines) is 1. The van der Waals surface area contributed by atoms with Gasteiger partial charge in [-0.3, -0.25) is 4.79 Å². The highest BCUT2D eigenvalue weighted by Gasteiger charge is 2.33. The fraction of sp³-hybridized carbons (Fsp3) is 0.562. The van der Waals surface area contributed by atoms with Crippen molar-refractivity contribution in [3.8, 4) is 5.75 Å². The molecule has 4 nitrogen and oxygen atoms in total. The number of nitrogens with two attached hydrogens (primary N) is 1. The Bertz CT molecular complexity index is 473. The lowest BCUT2D eigenvalue weighted by Gasteiger charge is -2.29. The molecule has 1 fully saturated rings. The quantitative estimate of drug-likeness (QED) is 0.918. The third kappa shape index (κ3) is 2.96. The molecule has 4 heteroatoms. The summed E-state index contributed by atoms with van der Waals surface area (Å²) in [7, 11) is 1.66. The van der Waals surface area contributed by atoms with Crippen LogP contribution in [0.25, 0.3) is 0 Å². The Labute approximate surface area is 120 Å². The van der Waals surface area contributed by atoms with E-state index in [0.717, 1.165) is 30.7 Å². The van der Waals surface area contributed by atoms with E-state index in [4.69, 9.17) is 10.5 Å². The summed E-state index contributed by atoms with van der Waals surface area (Å²) in [5, 5.41) is 0. The summed E-state index contributed by atoms with van der Waals surface area (Å²) in [6, 6.07) is 8.02. The Kier molecular flexibility index (Phi) is 4.65. The molecule has 1 aromatic rings. The van der Waals surface area contributed by atoms with Crippen molar-refractivity contribution in [3.63, 3.8) is 0 Å². The molecule has 1 amide bonds. The minimum atomic E-state index is -0.138. The van der Waals surface area contributed by atoms with Gasteiger partial charge in [0.05, 0.1) is 19.1 Å². The fourth-order valence-electron chi connectivity index (χ4n) is 2.71. The molecule has 20 heavy (non-hydrogen) atoms. The van der Waals surface area contributed by atoms with Crippen molar-refractivity contribution in [3.05, 3.63) is 29.8 Å². The van der Waals surface area contributed by atoms with Crippen LogP contribution in [0.1, 0.15) is 38.3 Å². The SMILES string of the molecule is COc1cccc(C2CCCN2C(=O)C(C)C(C)N)c1. The number of methoxy groups -OCH3 is 1. The smallest absolute Gasteiger partial charge is 0.227 e. The molecule has 110 valence electrons. The van der Waals surface area contributed by atoms with E-state index in [9.17, 15) is 4.79 Å². The summed E-state index contributed by atoms with van der Waals surface area (Å²) in [5.41, 5.74) is 7.01. The van der Waals surface area contributed by atoms with E-state index < -0.39 is 0 Å². The molecule has 0 aromatic heterocycles. The third-order valence-electron chi connectivity index (χ3n) is 4.19. The van der Waals surface area contributed by atoms with E-state index in [0.29, 0.717) is 0 Å². The lowest BCUT2D eigenvalue weighted by atomic mass is 10.00. The molecule has 1 aliphatic rings. The number of hydrogen-bond donors (Lipinski definition) is 1. The number of carbonyl (C=O) groups is 1. The van der Waals surface area contributed by atoms with Crippen LogP contribution >= 0.6 is 0 Å². The summed E-state index contributed by atoms with van der Waals surface area (Å²) in [5.74, 6) is 0.855. The van der Waals surface area contributed by atoms with Gasteiger partial charge in [0.2, 0.25) is 5.91 Å². The Morgan fingerprint density at radius 1 is 1.45 bits per heavy atom. The standard InChI is InChI=1S/C16H24N2O2/c1-11(12(2)17)16(19)18-9-5-8-15(18)13-6-4-7-14(10-13)20-3/h4,6-7,10-12,15H,5,8-9,17H2,1-3H3. The second kappa shape index (κ2) is 6.27. The maximum Gasteiger partial charge on any atom is 0.227 e. The predicted octanol–water partition coefficient (Wildman–Crippen LogP) is 2.34. The number of benzene rings is 1.